The molecule has 140 valence electrons. The third-order valence-electron chi connectivity index (χ3n) is 4.80. The number of hydrogen-bond donors (Lipinski definition) is 3. The summed E-state index contributed by atoms with van der Waals surface area (Å²) in [7, 11) is 0. The molecule has 27 heavy (non-hydrogen) atoms. The molecule has 2 aromatic heterocycles. The van der Waals surface area contributed by atoms with E-state index in [4.69, 9.17) is 0 Å². The molecule has 3 N–H and O–H groups in total. The SMILES string of the molecule is O=C(NCCn1c(=O)[nH]c2ccccc21)NC1CCN(c2ccccn2)C1. The van der Waals surface area contributed by atoms with Gasteiger partial charge in [-0.1, -0.05) is 18.2 Å². The first-order valence-corrected chi connectivity index (χ1v) is 9.08. The number of imidazole rings is 1. The van der Waals surface area contributed by atoms with E-state index in [1.165, 1.54) is 0 Å². The number of fused-ring (bicyclic) bond motifs is 1. The maximum absolute atomic E-state index is 12.2. The Balaban J connectivity index is 1.27. The highest BCUT2D eigenvalue weighted by molar-refractivity contribution is 5.75. The summed E-state index contributed by atoms with van der Waals surface area (Å²) in [5.74, 6) is 0.931. The Morgan fingerprint density at radius 3 is 2.93 bits per heavy atom. The Bertz CT molecular complexity index is 981. The number of para-hydroxylation sites is 2. The average molecular weight is 366 g/mol. The molecule has 3 heterocycles. The Hall–Kier alpha value is -3.29. The predicted octanol–water partition coefficient (Wildman–Crippen LogP) is 1.30. The largest absolute Gasteiger partial charge is 0.354 e. The summed E-state index contributed by atoms with van der Waals surface area (Å²) in [5, 5.41) is 5.83. The molecule has 2 amide bonds. The van der Waals surface area contributed by atoms with Crippen LogP contribution in [0.3, 0.4) is 0 Å². The standard InChI is InChI=1S/C19H22N6O2/c26-18(22-14-8-11-24(13-14)17-7-3-4-9-20-17)21-10-12-25-16-6-2-1-5-15(16)23-19(25)27/h1-7,9,14H,8,10-13H2,(H,23,27)(H2,21,22,26). The van der Waals surface area contributed by atoms with Crippen LogP contribution < -0.4 is 21.2 Å². The van der Waals surface area contributed by atoms with Crippen molar-refractivity contribution in [2.24, 2.45) is 0 Å². The number of pyridine rings is 1. The second-order valence-corrected chi connectivity index (χ2v) is 6.62. The minimum Gasteiger partial charge on any atom is -0.354 e. The van der Waals surface area contributed by atoms with Crippen LogP contribution in [0.5, 0.6) is 0 Å². The van der Waals surface area contributed by atoms with E-state index in [0.717, 1.165) is 36.4 Å². The number of aromatic nitrogens is 3. The number of amides is 2. The van der Waals surface area contributed by atoms with E-state index in [-0.39, 0.29) is 17.8 Å². The Morgan fingerprint density at radius 2 is 2.07 bits per heavy atom. The van der Waals surface area contributed by atoms with Crippen LogP contribution in [0.2, 0.25) is 0 Å². The number of anilines is 1. The lowest BCUT2D eigenvalue weighted by Gasteiger charge is -2.18. The smallest absolute Gasteiger partial charge is 0.326 e. The van der Waals surface area contributed by atoms with Crippen molar-refractivity contribution in [3.05, 3.63) is 59.1 Å². The van der Waals surface area contributed by atoms with Crippen LogP contribution in [0.15, 0.2) is 53.5 Å². The van der Waals surface area contributed by atoms with Gasteiger partial charge in [-0.05, 0) is 30.7 Å². The summed E-state index contributed by atoms with van der Waals surface area (Å²) in [6.45, 7) is 2.41. The van der Waals surface area contributed by atoms with Crippen molar-refractivity contribution in [3.63, 3.8) is 0 Å². The average Bonchev–Trinajstić information content (AvgIpc) is 3.27. The van der Waals surface area contributed by atoms with Crippen LogP contribution in [0.4, 0.5) is 10.6 Å². The van der Waals surface area contributed by atoms with Crippen LogP contribution in [-0.2, 0) is 6.54 Å². The molecule has 8 nitrogen and oxygen atoms in total. The van der Waals surface area contributed by atoms with E-state index in [0.29, 0.717) is 13.1 Å². The molecule has 1 aliphatic heterocycles. The van der Waals surface area contributed by atoms with Gasteiger partial charge in [0.2, 0.25) is 0 Å². The fraction of sp³-hybridized carbons (Fsp3) is 0.316. The van der Waals surface area contributed by atoms with Gasteiger partial charge in [-0.25, -0.2) is 14.6 Å². The Kier molecular flexibility index (Phi) is 4.78. The highest BCUT2D eigenvalue weighted by atomic mass is 16.2. The van der Waals surface area contributed by atoms with Gasteiger partial charge in [-0.3, -0.25) is 4.57 Å². The first-order valence-electron chi connectivity index (χ1n) is 9.08. The van der Waals surface area contributed by atoms with E-state index in [1.807, 2.05) is 42.5 Å². The van der Waals surface area contributed by atoms with Gasteiger partial charge < -0.3 is 20.5 Å². The molecule has 3 aromatic rings. The van der Waals surface area contributed by atoms with Crippen LogP contribution in [-0.4, -0.2) is 46.2 Å². The van der Waals surface area contributed by atoms with Crippen LogP contribution in [0.25, 0.3) is 11.0 Å². The lowest BCUT2D eigenvalue weighted by molar-refractivity contribution is 0.237. The number of nitrogens with zero attached hydrogens (tertiary/aromatic N) is 3. The van der Waals surface area contributed by atoms with Crippen LogP contribution in [0.1, 0.15) is 6.42 Å². The molecule has 0 saturated carbocycles. The van der Waals surface area contributed by atoms with Crippen molar-refractivity contribution >= 4 is 22.9 Å². The lowest BCUT2D eigenvalue weighted by atomic mass is 10.3. The molecule has 0 aliphatic carbocycles. The van der Waals surface area contributed by atoms with Crippen molar-refractivity contribution < 1.29 is 4.79 Å². The monoisotopic (exact) mass is 366 g/mol. The van der Waals surface area contributed by atoms with Crippen molar-refractivity contribution in [2.75, 3.05) is 24.5 Å². The Labute approximate surface area is 156 Å². The predicted molar refractivity (Wildman–Crippen MR) is 104 cm³/mol. The fourth-order valence-electron chi connectivity index (χ4n) is 3.47. The molecule has 0 bridgehead atoms. The van der Waals surface area contributed by atoms with Crippen molar-refractivity contribution in [3.8, 4) is 0 Å². The van der Waals surface area contributed by atoms with Gasteiger partial charge in [-0.15, -0.1) is 0 Å². The minimum absolute atomic E-state index is 0.0859. The third kappa shape index (κ3) is 3.79. The zero-order chi connectivity index (χ0) is 18.6. The molecular formula is C19H22N6O2. The maximum Gasteiger partial charge on any atom is 0.326 e. The number of urea groups is 1. The van der Waals surface area contributed by atoms with Gasteiger partial charge in [-0.2, -0.15) is 0 Å². The molecule has 4 rings (SSSR count). The normalized spacial score (nSPS) is 16.6. The van der Waals surface area contributed by atoms with E-state index in [1.54, 1.807) is 10.8 Å². The number of aromatic amines is 1. The third-order valence-corrected chi connectivity index (χ3v) is 4.80. The topological polar surface area (TPSA) is 95.0 Å². The van der Waals surface area contributed by atoms with Crippen LogP contribution in [0, 0.1) is 0 Å². The van der Waals surface area contributed by atoms with Crippen molar-refractivity contribution in [1.29, 1.82) is 0 Å². The van der Waals surface area contributed by atoms with E-state index in [9.17, 15) is 9.59 Å². The summed E-state index contributed by atoms with van der Waals surface area (Å²) in [4.78, 5) is 33.5. The van der Waals surface area contributed by atoms with Crippen molar-refractivity contribution in [2.45, 2.75) is 19.0 Å². The maximum atomic E-state index is 12.2. The van der Waals surface area contributed by atoms with Gasteiger partial charge >= 0.3 is 11.7 Å². The summed E-state index contributed by atoms with van der Waals surface area (Å²) >= 11 is 0. The number of rotatable bonds is 5. The summed E-state index contributed by atoms with van der Waals surface area (Å²) in [6, 6.07) is 13.2. The quantitative estimate of drug-likeness (QED) is 0.634. The molecule has 1 aromatic carbocycles. The fourth-order valence-corrected chi connectivity index (χ4v) is 3.47. The second kappa shape index (κ2) is 7.53. The number of nitrogens with one attached hydrogen (secondary N) is 3. The molecule has 1 fully saturated rings. The highest BCUT2D eigenvalue weighted by Gasteiger charge is 2.24. The molecule has 1 atom stereocenters. The first-order chi connectivity index (χ1) is 13.2. The molecular weight excluding hydrogens is 344 g/mol. The van der Waals surface area contributed by atoms with E-state index >= 15 is 0 Å². The molecule has 0 radical (unpaired) electrons. The van der Waals surface area contributed by atoms with Gasteiger partial charge in [0.1, 0.15) is 5.82 Å². The summed E-state index contributed by atoms with van der Waals surface area (Å²) in [6.07, 6.45) is 2.65. The molecule has 1 unspecified atom stereocenters. The first kappa shape index (κ1) is 17.1. The zero-order valence-corrected chi connectivity index (χ0v) is 14.9. The van der Waals surface area contributed by atoms with Gasteiger partial charge in [0.15, 0.2) is 0 Å². The second-order valence-electron chi connectivity index (χ2n) is 6.62. The van der Waals surface area contributed by atoms with E-state index < -0.39 is 0 Å². The number of hydrogen-bond acceptors (Lipinski definition) is 4. The number of carbonyl (C=O) groups is 1. The summed E-state index contributed by atoms with van der Waals surface area (Å²) in [5.41, 5.74) is 1.47. The van der Waals surface area contributed by atoms with Gasteiger partial charge in [0.25, 0.3) is 0 Å². The molecule has 1 saturated heterocycles. The van der Waals surface area contributed by atoms with Gasteiger partial charge in [0.05, 0.1) is 11.0 Å². The molecule has 0 spiro atoms. The summed E-state index contributed by atoms with van der Waals surface area (Å²) < 4.78 is 1.63. The molecule has 8 heteroatoms. The Morgan fingerprint density at radius 1 is 1.22 bits per heavy atom. The number of benzene rings is 1. The van der Waals surface area contributed by atoms with E-state index in [2.05, 4.69) is 25.5 Å². The highest BCUT2D eigenvalue weighted by Crippen LogP contribution is 2.17. The number of H-pyrrole nitrogens is 1. The van der Waals surface area contributed by atoms with Gasteiger partial charge in [0, 0.05) is 38.4 Å². The van der Waals surface area contributed by atoms with Crippen LogP contribution >= 0.6 is 0 Å². The molecule has 1 aliphatic rings. The van der Waals surface area contributed by atoms with Crippen molar-refractivity contribution in [1.82, 2.24) is 25.2 Å². The zero-order valence-electron chi connectivity index (χ0n) is 14.9. The minimum atomic E-state index is -0.212. The number of carbonyl (C=O) groups excluding carboxylic acids is 1. The lowest BCUT2D eigenvalue weighted by Crippen LogP contribution is -2.44.